The molecule has 1 rings (SSSR count). The Hall–Kier alpha value is -0.730. The average Bonchev–Trinajstić information content (AvgIpc) is 2.46. The molecule has 2 N–H and O–H groups in total. The van der Waals surface area contributed by atoms with Gasteiger partial charge in [-0.15, -0.1) is 0 Å². The minimum atomic E-state index is 0.742. The predicted molar refractivity (Wildman–Crippen MR) is 52.2 cm³/mol. The number of aliphatic imine (C=N–C) groups is 1. The van der Waals surface area contributed by atoms with Crippen LogP contribution >= 0.6 is 0 Å². The van der Waals surface area contributed by atoms with Crippen LogP contribution in [0.1, 0.15) is 32.6 Å². The monoisotopic (exact) mass is 169 g/mol. The van der Waals surface area contributed by atoms with Crippen molar-refractivity contribution in [3.05, 3.63) is 0 Å². The Morgan fingerprint density at radius 2 is 2.25 bits per heavy atom. The van der Waals surface area contributed by atoms with E-state index in [2.05, 4.69) is 16.8 Å². The predicted octanol–water partition coefficient (Wildman–Crippen LogP) is 1.20. The fraction of sp³-hybridized carbons (Fsp3) is 0.889. The highest BCUT2D eigenvalue weighted by atomic mass is 15.3. The van der Waals surface area contributed by atoms with Crippen molar-refractivity contribution < 1.29 is 0 Å². The SMILES string of the molecule is CCCCCCN1CCN=C1N. The van der Waals surface area contributed by atoms with Gasteiger partial charge in [0.05, 0.1) is 6.54 Å². The second kappa shape index (κ2) is 5.01. The van der Waals surface area contributed by atoms with Crippen LogP contribution in [0.5, 0.6) is 0 Å². The summed E-state index contributed by atoms with van der Waals surface area (Å²) in [6, 6.07) is 0. The summed E-state index contributed by atoms with van der Waals surface area (Å²) in [5.74, 6) is 0.742. The molecule has 0 aromatic carbocycles. The molecule has 70 valence electrons. The van der Waals surface area contributed by atoms with Crippen LogP contribution in [0.4, 0.5) is 0 Å². The van der Waals surface area contributed by atoms with Crippen molar-refractivity contribution in [2.75, 3.05) is 19.6 Å². The Kier molecular flexibility index (Phi) is 3.91. The lowest BCUT2D eigenvalue weighted by Gasteiger charge is -2.16. The van der Waals surface area contributed by atoms with Gasteiger partial charge in [0, 0.05) is 13.1 Å². The molecule has 0 aromatic heterocycles. The molecule has 1 aliphatic rings. The Labute approximate surface area is 74.6 Å². The van der Waals surface area contributed by atoms with Gasteiger partial charge in [-0.25, -0.2) is 0 Å². The highest BCUT2D eigenvalue weighted by molar-refractivity contribution is 5.79. The molecule has 0 fully saturated rings. The van der Waals surface area contributed by atoms with Crippen molar-refractivity contribution in [2.45, 2.75) is 32.6 Å². The third-order valence-electron chi connectivity index (χ3n) is 2.25. The number of unbranched alkanes of at least 4 members (excludes halogenated alkanes) is 3. The molecule has 0 atom stereocenters. The standard InChI is InChI=1S/C9H19N3/c1-2-3-4-5-7-12-8-6-11-9(12)10/h2-8H2,1H3,(H2,10,11). The lowest BCUT2D eigenvalue weighted by atomic mass is 10.2. The van der Waals surface area contributed by atoms with Gasteiger partial charge >= 0.3 is 0 Å². The van der Waals surface area contributed by atoms with E-state index in [1.54, 1.807) is 0 Å². The van der Waals surface area contributed by atoms with E-state index in [-0.39, 0.29) is 0 Å². The molecule has 0 unspecified atom stereocenters. The quantitative estimate of drug-likeness (QED) is 0.628. The van der Waals surface area contributed by atoms with Crippen molar-refractivity contribution in [3.63, 3.8) is 0 Å². The maximum Gasteiger partial charge on any atom is 0.191 e. The molecule has 0 aromatic rings. The fourth-order valence-electron chi connectivity index (χ4n) is 1.46. The summed E-state index contributed by atoms with van der Waals surface area (Å²) in [5.41, 5.74) is 5.67. The molecule has 0 saturated carbocycles. The topological polar surface area (TPSA) is 41.6 Å². The summed E-state index contributed by atoms with van der Waals surface area (Å²) in [6.07, 6.45) is 5.21. The molecule has 0 aliphatic carbocycles. The second-order valence-electron chi connectivity index (χ2n) is 3.29. The van der Waals surface area contributed by atoms with Gasteiger partial charge in [-0.1, -0.05) is 26.2 Å². The van der Waals surface area contributed by atoms with Gasteiger partial charge in [0.2, 0.25) is 0 Å². The number of nitrogens with two attached hydrogens (primary N) is 1. The van der Waals surface area contributed by atoms with Crippen LogP contribution < -0.4 is 5.73 Å². The zero-order valence-corrected chi connectivity index (χ0v) is 7.92. The summed E-state index contributed by atoms with van der Waals surface area (Å²) in [6.45, 7) is 5.23. The smallest absolute Gasteiger partial charge is 0.191 e. The van der Waals surface area contributed by atoms with Crippen LogP contribution in [-0.4, -0.2) is 30.5 Å². The van der Waals surface area contributed by atoms with Gasteiger partial charge in [0.1, 0.15) is 0 Å². The summed E-state index contributed by atoms with van der Waals surface area (Å²) < 4.78 is 0. The second-order valence-corrected chi connectivity index (χ2v) is 3.29. The molecule has 0 saturated heterocycles. The van der Waals surface area contributed by atoms with Crippen LogP contribution in [0, 0.1) is 0 Å². The van der Waals surface area contributed by atoms with E-state index in [9.17, 15) is 0 Å². The molecular weight excluding hydrogens is 150 g/mol. The van der Waals surface area contributed by atoms with Crippen molar-refractivity contribution in [2.24, 2.45) is 10.7 Å². The van der Waals surface area contributed by atoms with Crippen molar-refractivity contribution in [1.82, 2.24) is 4.90 Å². The van der Waals surface area contributed by atoms with Crippen molar-refractivity contribution >= 4 is 5.96 Å². The first-order valence-electron chi connectivity index (χ1n) is 4.89. The normalized spacial score (nSPS) is 16.8. The van der Waals surface area contributed by atoms with E-state index in [0.29, 0.717) is 0 Å². The summed E-state index contributed by atoms with van der Waals surface area (Å²) in [5, 5.41) is 0. The van der Waals surface area contributed by atoms with Gasteiger partial charge in [0.25, 0.3) is 0 Å². The van der Waals surface area contributed by atoms with E-state index < -0.39 is 0 Å². The first kappa shape index (κ1) is 9.36. The van der Waals surface area contributed by atoms with Crippen LogP contribution in [-0.2, 0) is 0 Å². The van der Waals surface area contributed by atoms with Gasteiger partial charge in [-0.05, 0) is 6.42 Å². The van der Waals surface area contributed by atoms with Gasteiger partial charge in [-0.3, -0.25) is 4.99 Å². The third-order valence-corrected chi connectivity index (χ3v) is 2.25. The Morgan fingerprint density at radius 3 is 2.83 bits per heavy atom. The molecule has 0 radical (unpaired) electrons. The average molecular weight is 169 g/mol. The van der Waals surface area contributed by atoms with Crippen LogP contribution in [0.25, 0.3) is 0 Å². The summed E-state index contributed by atoms with van der Waals surface area (Å²) in [4.78, 5) is 6.31. The van der Waals surface area contributed by atoms with Crippen LogP contribution in [0.15, 0.2) is 4.99 Å². The largest absolute Gasteiger partial charge is 0.370 e. The summed E-state index contributed by atoms with van der Waals surface area (Å²) in [7, 11) is 0. The van der Waals surface area contributed by atoms with E-state index in [4.69, 9.17) is 5.73 Å². The molecule has 1 heterocycles. The molecule has 12 heavy (non-hydrogen) atoms. The molecular formula is C9H19N3. The first-order chi connectivity index (χ1) is 5.84. The van der Waals surface area contributed by atoms with Gasteiger partial charge < -0.3 is 10.6 Å². The zero-order valence-electron chi connectivity index (χ0n) is 7.92. The lowest BCUT2D eigenvalue weighted by Crippen LogP contribution is -2.34. The molecule has 0 spiro atoms. The number of rotatable bonds is 5. The van der Waals surface area contributed by atoms with Crippen molar-refractivity contribution in [1.29, 1.82) is 0 Å². The maximum atomic E-state index is 5.67. The molecule has 3 nitrogen and oxygen atoms in total. The molecule has 1 aliphatic heterocycles. The van der Waals surface area contributed by atoms with E-state index in [1.807, 2.05) is 0 Å². The minimum absolute atomic E-state index is 0.742. The summed E-state index contributed by atoms with van der Waals surface area (Å²) >= 11 is 0. The van der Waals surface area contributed by atoms with E-state index >= 15 is 0 Å². The molecule has 3 heteroatoms. The third kappa shape index (κ3) is 2.72. The van der Waals surface area contributed by atoms with Crippen molar-refractivity contribution in [3.8, 4) is 0 Å². The number of hydrogen-bond donors (Lipinski definition) is 1. The number of nitrogens with zero attached hydrogens (tertiary/aromatic N) is 2. The highest BCUT2D eigenvalue weighted by Gasteiger charge is 2.11. The Bertz CT molecular complexity index is 154. The first-order valence-corrected chi connectivity index (χ1v) is 4.89. The van der Waals surface area contributed by atoms with Crippen LogP contribution in [0.2, 0.25) is 0 Å². The van der Waals surface area contributed by atoms with E-state index in [1.165, 1.54) is 25.7 Å². The number of guanidine groups is 1. The lowest BCUT2D eigenvalue weighted by molar-refractivity contribution is 0.430. The van der Waals surface area contributed by atoms with Gasteiger partial charge in [0.15, 0.2) is 5.96 Å². The fourth-order valence-corrected chi connectivity index (χ4v) is 1.46. The van der Waals surface area contributed by atoms with E-state index in [0.717, 1.165) is 25.6 Å². The minimum Gasteiger partial charge on any atom is -0.370 e. The molecule has 0 bridgehead atoms. The maximum absolute atomic E-state index is 5.67. The number of hydrogen-bond acceptors (Lipinski definition) is 3. The van der Waals surface area contributed by atoms with Crippen LogP contribution in [0.3, 0.4) is 0 Å². The zero-order chi connectivity index (χ0) is 8.81. The Balaban J connectivity index is 2.03. The Morgan fingerprint density at radius 1 is 1.42 bits per heavy atom. The molecule has 0 amide bonds. The van der Waals surface area contributed by atoms with Gasteiger partial charge in [-0.2, -0.15) is 0 Å². The highest BCUT2D eigenvalue weighted by Crippen LogP contribution is 2.03.